The number of anilines is 2. The van der Waals surface area contributed by atoms with E-state index in [2.05, 4.69) is 59.7 Å². The van der Waals surface area contributed by atoms with Crippen LogP contribution in [0.4, 0.5) is 15.8 Å². The predicted molar refractivity (Wildman–Crippen MR) is 228 cm³/mol. The van der Waals surface area contributed by atoms with Gasteiger partial charge in [-0.1, -0.05) is 13.8 Å². The van der Waals surface area contributed by atoms with Gasteiger partial charge in [0.15, 0.2) is 5.43 Å². The number of halogens is 1. The fraction of sp³-hybridized carbons (Fsp3) is 0.565. The minimum absolute atomic E-state index is 0.0417. The molecule has 4 aliphatic rings. The van der Waals surface area contributed by atoms with Gasteiger partial charge in [-0.3, -0.25) is 24.5 Å². The van der Waals surface area contributed by atoms with Crippen LogP contribution in [0.5, 0.6) is 0 Å². The van der Waals surface area contributed by atoms with Gasteiger partial charge in [-0.15, -0.1) is 0 Å². The molecule has 3 atom stereocenters. The van der Waals surface area contributed by atoms with Gasteiger partial charge in [-0.2, -0.15) is 0 Å². The second-order valence-electron chi connectivity index (χ2n) is 17.1. The van der Waals surface area contributed by atoms with Crippen LogP contribution in [0.2, 0.25) is 0 Å². The van der Waals surface area contributed by atoms with Crippen molar-refractivity contribution in [2.24, 2.45) is 5.92 Å². The lowest BCUT2D eigenvalue weighted by atomic mass is 9.92. The molecule has 3 aromatic heterocycles. The molecule has 0 bridgehead atoms. The number of piperidine rings is 2. The van der Waals surface area contributed by atoms with Crippen molar-refractivity contribution in [3.63, 3.8) is 0 Å². The highest BCUT2D eigenvalue weighted by atomic mass is 19.1. The Kier molecular flexibility index (Phi) is 13.7. The normalized spacial score (nSPS) is 20.8. The Bertz CT molecular complexity index is 2030. The molecule has 11 heteroatoms. The number of likely N-dealkylation sites (tertiary alicyclic amines) is 1. The quantitative estimate of drug-likeness (QED) is 0.158. The van der Waals surface area contributed by atoms with Crippen LogP contribution in [0.25, 0.3) is 10.9 Å². The van der Waals surface area contributed by atoms with Gasteiger partial charge < -0.3 is 24.0 Å². The van der Waals surface area contributed by atoms with E-state index < -0.39 is 0 Å². The van der Waals surface area contributed by atoms with Crippen molar-refractivity contribution in [1.82, 2.24) is 24.3 Å². The number of nitrogens with zero attached hydrogens (tertiary/aromatic N) is 7. The van der Waals surface area contributed by atoms with Crippen molar-refractivity contribution in [3.8, 4) is 0 Å². The van der Waals surface area contributed by atoms with Crippen LogP contribution < -0.4 is 15.2 Å². The number of aromatic nitrogens is 3. The van der Waals surface area contributed by atoms with E-state index >= 15 is 4.39 Å². The molecule has 4 fully saturated rings. The average molecular weight is 782 g/mol. The van der Waals surface area contributed by atoms with Crippen molar-refractivity contribution < 1.29 is 13.9 Å². The summed E-state index contributed by atoms with van der Waals surface area (Å²) >= 11 is 0. The van der Waals surface area contributed by atoms with Crippen LogP contribution in [0.15, 0.2) is 59.8 Å². The van der Waals surface area contributed by atoms with Crippen LogP contribution in [-0.2, 0) is 22.6 Å². The summed E-state index contributed by atoms with van der Waals surface area (Å²) < 4.78 is 23.3. The van der Waals surface area contributed by atoms with Gasteiger partial charge in [-0.25, -0.2) is 4.39 Å². The predicted octanol–water partition coefficient (Wildman–Crippen LogP) is 8.07. The Hall–Kier alpha value is -4.35. The Labute approximate surface area is 339 Å². The molecule has 1 saturated carbocycles. The number of methoxy groups -OCH3 is 1. The van der Waals surface area contributed by atoms with Crippen LogP contribution in [-0.4, -0.2) is 88.3 Å². The summed E-state index contributed by atoms with van der Waals surface area (Å²) in [5.41, 5.74) is 6.33. The molecule has 1 aliphatic carbocycles. The minimum atomic E-state index is -0.341. The molecule has 1 amide bonds. The van der Waals surface area contributed by atoms with Gasteiger partial charge in [0.1, 0.15) is 5.82 Å². The van der Waals surface area contributed by atoms with Gasteiger partial charge in [0.2, 0.25) is 6.41 Å². The molecular formula is C46H64FN7O3. The second-order valence-corrected chi connectivity index (χ2v) is 17.1. The second kappa shape index (κ2) is 18.5. The summed E-state index contributed by atoms with van der Waals surface area (Å²) in [6.45, 7) is 19.3. The van der Waals surface area contributed by atoms with Crippen molar-refractivity contribution in [2.75, 3.05) is 49.6 Å². The molecule has 3 aliphatic heterocycles. The smallest absolute Gasteiger partial charge is 0.209 e. The Morgan fingerprint density at radius 1 is 0.912 bits per heavy atom. The van der Waals surface area contributed by atoms with Crippen LogP contribution in [0, 0.1) is 25.6 Å². The van der Waals surface area contributed by atoms with E-state index in [9.17, 15) is 9.59 Å². The zero-order valence-corrected chi connectivity index (χ0v) is 35.5. The van der Waals surface area contributed by atoms with E-state index in [-0.39, 0.29) is 28.9 Å². The number of aryl methyl sites for hydroxylation is 2. The first-order chi connectivity index (χ1) is 27.4. The molecule has 10 nitrogen and oxygen atoms in total. The number of rotatable bonds is 9. The fourth-order valence-electron chi connectivity index (χ4n) is 8.60. The molecule has 3 unspecified atom stereocenters. The Morgan fingerprint density at radius 3 is 2.35 bits per heavy atom. The topological polar surface area (TPSA) is 87.0 Å². The van der Waals surface area contributed by atoms with E-state index in [1.165, 1.54) is 11.6 Å². The molecular weight excluding hydrogens is 718 g/mol. The van der Waals surface area contributed by atoms with Crippen LogP contribution in [0.1, 0.15) is 102 Å². The minimum Gasteiger partial charge on any atom is -0.379 e. The third kappa shape index (κ3) is 10.2. The third-order valence-electron chi connectivity index (χ3n) is 12.0. The summed E-state index contributed by atoms with van der Waals surface area (Å²) in [5, 5.41) is 0.462. The summed E-state index contributed by atoms with van der Waals surface area (Å²) in [5.74, 6) is 0.00160. The number of carbonyl (C=O) groups excluding carboxylic acids is 1. The van der Waals surface area contributed by atoms with Crippen LogP contribution >= 0.6 is 0 Å². The van der Waals surface area contributed by atoms with Gasteiger partial charge >= 0.3 is 0 Å². The van der Waals surface area contributed by atoms with Crippen molar-refractivity contribution in [3.05, 3.63) is 93.5 Å². The maximum atomic E-state index is 16.1. The highest BCUT2D eigenvalue weighted by Gasteiger charge is 2.38. The average Bonchev–Trinajstić information content (AvgIpc) is 3.98. The van der Waals surface area contributed by atoms with E-state index in [0.29, 0.717) is 48.2 Å². The SMILES string of the molecule is CC.COC(C)(C)C.Cc1ccc(N2CCCC(N(Cc3ccnc(C)c3)Cc3cn(C4CC4)c4cc(N5CCC6C(CCN6C=O)C5)c(F)cc4c3=O)C2)cn1. The number of pyridine rings is 3. The maximum Gasteiger partial charge on any atom is 0.209 e. The van der Waals surface area contributed by atoms with E-state index in [0.717, 1.165) is 93.7 Å². The monoisotopic (exact) mass is 782 g/mol. The number of amides is 1. The number of benzene rings is 1. The first-order valence-corrected chi connectivity index (χ1v) is 21.1. The van der Waals surface area contributed by atoms with Crippen molar-refractivity contribution in [1.29, 1.82) is 0 Å². The molecule has 4 aromatic rings. The number of fused-ring (bicyclic) bond motifs is 2. The van der Waals surface area contributed by atoms with Gasteiger partial charge in [0, 0.05) is 106 Å². The molecule has 0 spiro atoms. The van der Waals surface area contributed by atoms with Crippen molar-refractivity contribution >= 4 is 28.7 Å². The highest BCUT2D eigenvalue weighted by molar-refractivity contribution is 5.84. The lowest BCUT2D eigenvalue weighted by molar-refractivity contribution is -0.119. The van der Waals surface area contributed by atoms with E-state index in [1.807, 2.05) is 71.8 Å². The molecule has 3 saturated heterocycles. The molecule has 308 valence electrons. The van der Waals surface area contributed by atoms with Gasteiger partial charge in [-0.05, 0) is 121 Å². The third-order valence-corrected chi connectivity index (χ3v) is 12.0. The first-order valence-electron chi connectivity index (χ1n) is 21.1. The molecule has 57 heavy (non-hydrogen) atoms. The van der Waals surface area contributed by atoms with E-state index in [1.54, 1.807) is 7.11 Å². The Morgan fingerprint density at radius 2 is 1.68 bits per heavy atom. The summed E-state index contributed by atoms with van der Waals surface area (Å²) in [4.78, 5) is 43.7. The van der Waals surface area contributed by atoms with Crippen molar-refractivity contribution in [2.45, 2.75) is 124 Å². The molecule has 0 radical (unpaired) electrons. The lowest BCUT2D eigenvalue weighted by Gasteiger charge is -2.40. The number of ether oxygens (including phenoxy) is 1. The summed E-state index contributed by atoms with van der Waals surface area (Å²) in [7, 11) is 1.71. The molecule has 1 aromatic carbocycles. The highest BCUT2D eigenvalue weighted by Crippen LogP contribution is 2.40. The number of carbonyl (C=O) groups is 1. The molecule has 6 heterocycles. The molecule has 8 rings (SSSR count). The zero-order chi connectivity index (χ0) is 40.9. The van der Waals surface area contributed by atoms with E-state index in [4.69, 9.17) is 4.74 Å². The molecule has 0 N–H and O–H groups in total. The number of hydrogen-bond donors (Lipinski definition) is 0. The fourth-order valence-corrected chi connectivity index (χ4v) is 8.60. The van der Waals surface area contributed by atoms with Gasteiger partial charge in [0.25, 0.3) is 0 Å². The first kappa shape index (κ1) is 42.3. The summed E-state index contributed by atoms with van der Waals surface area (Å²) in [6, 6.07) is 12.6. The largest absolute Gasteiger partial charge is 0.379 e. The number of hydrogen-bond acceptors (Lipinski definition) is 8. The maximum absolute atomic E-state index is 16.1. The van der Waals surface area contributed by atoms with Gasteiger partial charge in [0.05, 0.1) is 28.7 Å². The summed E-state index contributed by atoms with van der Waals surface area (Å²) in [6.07, 6.45) is 12.8. The standard InChI is InChI=1S/C39H46FN7O2.C5H12O.C2H6/c1-26-5-6-32(19-42-26)43-13-3-4-33(24-43)46(20-28-9-12-41-27(2)16-28)22-30-23-47(31-7-8-31)37-18-38(35(40)17-34(37)39(30)49)44-15-11-36-29(21-44)10-14-45(36)25-48;1-5(2,3)6-4;1-2/h5-6,9,12,16-19,23,25,29,31,33,36H,3-4,7-8,10-11,13-15,20-22,24H2,1-2H3;1-4H3;1-2H3. The zero-order valence-electron chi connectivity index (χ0n) is 35.5. The lowest BCUT2D eigenvalue weighted by Crippen LogP contribution is -2.48. The van der Waals surface area contributed by atoms with Crippen LogP contribution in [0.3, 0.4) is 0 Å². The Balaban J connectivity index is 0.000000630.